The summed E-state index contributed by atoms with van der Waals surface area (Å²) in [5.74, 6) is -0.301. The Labute approximate surface area is 186 Å². The van der Waals surface area contributed by atoms with E-state index >= 15 is 0 Å². The van der Waals surface area contributed by atoms with Crippen LogP contribution < -0.4 is 10.1 Å². The van der Waals surface area contributed by atoms with Crippen molar-refractivity contribution >= 4 is 21.6 Å². The number of nitrogens with zero attached hydrogens (tertiary/aromatic N) is 1. The van der Waals surface area contributed by atoms with Crippen LogP contribution in [0, 0.1) is 5.82 Å². The summed E-state index contributed by atoms with van der Waals surface area (Å²) in [5, 5.41) is 2.80. The van der Waals surface area contributed by atoms with Gasteiger partial charge in [-0.25, -0.2) is 12.8 Å². The molecule has 0 aromatic heterocycles. The molecular formula is C24H23FN2O4S. The maximum Gasteiger partial charge on any atom is 0.255 e. The minimum atomic E-state index is -3.51. The van der Waals surface area contributed by atoms with Gasteiger partial charge in [0, 0.05) is 30.4 Å². The smallest absolute Gasteiger partial charge is 0.255 e. The van der Waals surface area contributed by atoms with E-state index in [0.717, 1.165) is 18.4 Å². The highest BCUT2D eigenvalue weighted by Crippen LogP contribution is 2.22. The molecule has 0 aliphatic carbocycles. The van der Waals surface area contributed by atoms with E-state index in [9.17, 15) is 17.6 Å². The Morgan fingerprint density at radius 1 is 0.969 bits per heavy atom. The lowest BCUT2D eigenvalue weighted by atomic mass is 10.2. The van der Waals surface area contributed by atoms with Crippen LogP contribution in [0.1, 0.15) is 28.8 Å². The second-order valence-corrected chi connectivity index (χ2v) is 9.47. The molecule has 4 rings (SSSR count). The number of benzene rings is 3. The van der Waals surface area contributed by atoms with Gasteiger partial charge in [0.1, 0.15) is 18.2 Å². The van der Waals surface area contributed by atoms with Crippen molar-refractivity contribution in [3.8, 4) is 5.75 Å². The van der Waals surface area contributed by atoms with Gasteiger partial charge in [0.15, 0.2) is 0 Å². The zero-order valence-electron chi connectivity index (χ0n) is 17.3. The number of carbonyl (C=O) groups is 1. The van der Waals surface area contributed by atoms with E-state index in [1.165, 1.54) is 40.7 Å². The van der Waals surface area contributed by atoms with E-state index in [2.05, 4.69) is 5.32 Å². The highest BCUT2D eigenvalue weighted by molar-refractivity contribution is 7.89. The van der Waals surface area contributed by atoms with Crippen LogP contribution in [0.25, 0.3) is 0 Å². The quantitative estimate of drug-likeness (QED) is 0.573. The minimum Gasteiger partial charge on any atom is -0.489 e. The summed E-state index contributed by atoms with van der Waals surface area (Å²) in [6, 6.07) is 19.0. The van der Waals surface area contributed by atoms with Crippen molar-refractivity contribution in [2.45, 2.75) is 24.3 Å². The van der Waals surface area contributed by atoms with Crippen LogP contribution in [0.4, 0.5) is 10.1 Å². The van der Waals surface area contributed by atoms with Crippen LogP contribution in [0.3, 0.4) is 0 Å². The van der Waals surface area contributed by atoms with Gasteiger partial charge in [-0.15, -0.1) is 0 Å². The van der Waals surface area contributed by atoms with E-state index in [-0.39, 0.29) is 23.2 Å². The van der Waals surface area contributed by atoms with Crippen molar-refractivity contribution in [1.82, 2.24) is 4.31 Å². The second-order valence-electron chi connectivity index (χ2n) is 7.54. The van der Waals surface area contributed by atoms with E-state index in [1.807, 2.05) is 6.07 Å². The minimum absolute atomic E-state index is 0.187. The summed E-state index contributed by atoms with van der Waals surface area (Å²) >= 11 is 0. The molecule has 1 amide bonds. The number of hydrogen-bond acceptors (Lipinski definition) is 4. The molecule has 0 saturated carbocycles. The molecule has 166 valence electrons. The van der Waals surface area contributed by atoms with Gasteiger partial charge < -0.3 is 10.1 Å². The summed E-state index contributed by atoms with van der Waals surface area (Å²) in [5.41, 5.74) is 1.73. The highest BCUT2D eigenvalue weighted by atomic mass is 32.2. The molecule has 32 heavy (non-hydrogen) atoms. The number of ether oxygens (including phenoxy) is 1. The fraction of sp³-hybridized carbons (Fsp3) is 0.208. The standard InChI is InChI=1S/C24H23FN2O4S/c25-20-6-4-8-22(16-20)31-17-18-5-3-7-21(15-18)26-24(28)19-9-11-23(12-10-19)32(29,30)27-13-1-2-14-27/h3-12,15-16H,1-2,13-14,17H2,(H,26,28). The molecule has 1 aliphatic rings. The molecule has 6 nitrogen and oxygen atoms in total. The third-order valence-corrected chi connectivity index (χ3v) is 7.12. The fourth-order valence-electron chi connectivity index (χ4n) is 3.52. The van der Waals surface area contributed by atoms with Crippen molar-refractivity contribution in [1.29, 1.82) is 0 Å². The molecule has 1 saturated heterocycles. The third-order valence-electron chi connectivity index (χ3n) is 5.21. The molecule has 0 bridgehead atoms. The van der Waals surface area contributed by atoms with Crippen LogP contribution in [0.2, 0.25) is 0 Å². The number of amides is 1. The van der Waals surface area contributed by atoms with Gasteiger partial charge in [-0.3, -0.25) is 4.79 Å². The van der Waals surface area contributed by atoms with Crippen molar-refractivity contribution in [2.24, 2.45) is 0 Å². The van der Waals surface area contributed by atoms with Gasteiger partial charge in [-0.05, 0) is 66.9 Å². The lowest BCUT2D eigenvalue weighted by Gasteiger charge is -2.15. The molecule has 1 aliphatic heterocycles. The Morgan fingerprint density at radius 2 is 1.69 bits per heavy atom. The molecule has 1 heterocycles. The highest BCUT2D eigenvalue weighted by Gasteiger charge is 2.27. The van der Waals surface area contributed by atoms with Crippen LogP contribution in [-0.2, 0) is 16.6 Å². The van der Waals surface area contributed by atoms with E-state index < -0.39 is 10.0 Å². The zero-order chi connectivity index (χ0) is 22.6. The van der Waals surface area contributed by atoms with E-state index in [1.54, 1.807) is 30.3 Å². The number of sulfonamides is 1. The molecule has 8 heteroatoms. The molecule has 1 fully saturated rings. The molecule has 3 aromatic carbocycles. The first-order valence-corrected chi connectivity index (χ1v) is 11.7. The summed E-state index contributed by atoms with van der Waals surface area (Å²) in [6.45, 7) is 1.28. The predicted molar refractivity (Wildman–Crippen MR) is 120 cm³/mol. The number of hydrogen-bond donors (Lipinski definition) is 1. The van der Waals surface area contributed by atoms with Gasteiger partial charge in [0.25, 0.3) is 5.91 Å². The van der Waals surface area contributed by atoms with Gasteiger partial charge >= 0.3 is 0 Å². The van der Waals surface area contributed by atoms with Gasteiger partial charge in [0.2, 0.25) is 10.0 Å². The SMILES string of the molecule is O=C(Nc1cccc(COc2cccc(F)c2)c1)c1ccc(S(=O)(=O)N2CCCC2)cc1. The first-order chi connectivity index (χ1) is 15.4. The number of rotatable bonds is 7. The van der Waals surface area contributed by atoms with Crippen LogP contribution in [0.15, 0.2) is 77.7 Å². The molecular weight excluding hydrogens is 431 g/mol. The van der Waals surface area contributed by atoms with Crippen molar-refractivity contribution in [3.05, 3.63) is 89.7 Å². The number of nitrogens with one attached hydrogen (secondary N) is 1. The fourth-order valence-corrected chi connectivity index (χ4v) is 5.04. The van der Waals surface area contributed by atoms with Crippen LogP contribution in [0.5, 0.6) is 5.75 Å². The summed E-state index contributed by atoms with van der Waals surface area (Å²) < 4.78 is 45.6. The number of anilines is 1. The first-order valence-electron chi connectivity index (χ1n) is 10.3. The Morgan fingerprint density at radius 3 is 2.41 bits per heavy atom. The largest absolute Gasteiger partial charge is 0.489 e. The maximum absolute atomic E-state index is 13.3. The van der Waals surface area contributed by atoms with Crippen molar-refractivity contribution in [3.63, 3.8) is 0 Å². The average Bonchev–Trinajstić information content (AvgIpc) is 3.34. The Hall–Kier alpha value is -3.23. The monoisotopic (exact) mass is 454 g/mol. The Kier molecular flexibility index (Phi) is 6.53. The van der Waals surface area contributed by atoms with Gasteiger partial charge in [-0.2, -0.15) is 4.31 Å². The Bertz CT molecular complexity index is 1210. The first kappa shape index (κ1) is 22.0. The molecule has 0 spiro atoms. The average molecular weight is 455 g/mol. The van der Waals surface area contributed by atoms with Crippen LogP contribution >= 0.6 is 0 Å². The van der Waals surface area contributed by atoms with E-state index in [4.69, 9.17) is 4.74 Å². The second kappa shape index (κ2) is 9.50. The maximum atomic E-state index is 13.3. The molecule has 3 aromatic rings. The summed E-state index contributed by atoms with van der Waals surface area (Å²) in [7, 11) is -3.51. The molecule has 0 radical (unpaired) electrons. The summed E-state index contributed by atoms with van der Waals surface area (Å²) in [6.07, 6.45) is 1.73. The molecule has 1 N–H and O–H groups in total. The summed E-state index contributed by atoms with van der Waals surface area (Å²) in [4.78, 5) is 12.8. The molecule has 0 unspecified atom stereocenters. The topological polar surface area (TPSA) is 75.7 Å². The lowest BCUT2D eigenvalue weighted by molar-refractivity contribution is 0.102. The normalized spacial score (nSPS) is 14.3. The van der Waals surface area contributed by atoms with Crippen molar-refractivity contribution in [2.75, 3.05) is 18.4 Å². The zero-order valence-corrected chi connectivity index (χ0v) is 18.1. The Balaban J connectivity index is 1.40. The van der Waals surface area contributed by atoms with Gasteiger partial charge in [0.05, 0.1) is 4.90 Å². The number of carbonyl (C=O) groups excluding carboxylic acids is 1. The number of halogens is 1. The lowest BCUT2D eigenvalue weighted by Crippen LogP contribution is -2.27. The van der Waals surface area contributed by atoms with Crippen molar-refractivity contribution < 1.29 is 22.3 Å². The van der Waals surface area contributed by atoms with Gasteiger partial charge in [-0.1, -0.05) is 18.2 Å². The van der Waals surface area contributed by atoms with E-state index in [0.29, 0.717) is 30.1 Å². The van der Waals surface area contributed by atoms with Crippen LogP contribution in [-0.4, -0.2) is 31.7 Å². The third kappa shape index (κ3) is 5.15. The predicted octanol–water partition coefficient (Wildman–Crippen LogP) is 4.44. The molecule has 0 atom stereocenters.